The first-order chi connectivity index (χ1) is 17.1. The Morgan fingerprint density at radius 3 is 2.42 bits per heavy atom. The minimum Gasteiger partial charge on any atom is -0.449 e. The lowest BCUT2D eigenvalue weighted by Gasteiger charge is -2.41. The topological polar surface area (TPSA) is 177 Å². The van der Waals surface area contributed by atoms with E-state index in [0.717, 1.165) is 13.1 Å². The van der Waals surface area contributed by atoms with E-state index in [0.29, 0.717) is 13.1 Å². The number of rotatable bonds is 6. The SMILES string of the molecule is CO[C@@]12[C@H](COC(N)=O)C3=C(C(=O)C(C)=C(N)C3=O)N1C[C@H]1[C@@H]2N1C(=O)CCC(=O)N1CCNCC1. The molecule has 0 aromatic carbocycles. The molecule has 5 aliphatic rings. The highest BCUT2D eigenvalue weighted by Gasteiger charge is 2.77. The molecule has 3 saturated heterocycles. The molecule has 0 aromatic heterocycles. The second-order valence-corrected chi connectivity index (χ2v) is 9.65. The summed E-state index contributed by atoms with van der Waals surface area (Å²) in [6.07, 6.45) is -0.907. The number of piperazine rings is 2. The van der Waals surface area contributed by atoms with Crippen molar-refractivity contribution in [3.05, 3.63) is 22.5 Å². The third kappa shape index (κ3) is 3.33. The Balaban J connectivity index is 1.38. The Labute approximate surface area is 207 Å². The number of hydrogen-bond acceptors (Lipinski definition) is 10. The number of carbonyl (C=O) groups is 5. The molecule has 0 bridgehead atoms. The Hall–Kier alpha value is -3.45. The van der Waals surface area contributed by atoms with Gasteiger partial charge in [0.05, 0.1) is 23.4 Å². The van der Waals surface area contributed by atoms with Crippen LogP contribution in [0.5, 0.6) is 0 Å². The van der Waals surface area contributed by atoms with Crippen molar-refractivity contribution in [3.63, 3.8) is 0 Å². The Bertz CT molecular complexity index is 1130. The van der Waals surface area contributed by atoms with Crippen LogP contribution in [0.15, 0.2) is 22.5 Å². The van der Waals surface area contributed by atoms with Crippen molar-refractivity contribution in [3.8, 4) is 0 Å². The van der Waals surface area contributed by atoms with Gasteiger partial charge in [-0.25, -0.2) is 4.79 Å². The number of hydrogen-bond donors (Lipinski definition) is 3. The molecule has 4 aliphatic heterocycles. The summed E-state index contributed by atoms with van der Waals surface area (Å²) in [6, 6.07) is -0.776. The molecule has 194 valence electrons. The van der Waals surface area contributed by atoms with Gasteiger partial charge in [-0.2, -0.15) is 0 Å². The summed E-state index contributed by atoms with van der Waals surface area (Å²) in [4.78, 5) is 68.6. The lowest BCUT2D eigenvalue weighted by molar-refractivity contribution is -0.154. The molecule has 0 saturated carbocycles. The van der Waals surface area contributed by atoms with E-state index in [1.54, 1.807) is 14.7 Å². The van der Waals surface area contributed by atoms with Crippen LogP contribution in [0, 0.1) is 5.92 Å². The number of methoxy groups -OCH3 is 1. The number of nitrogens with zero attached hydrogens (tertiary/aromatic N) is 3. The van der Waals surface area contributed by atoms with Crippen LogP contribution in [0.4, 0.5) is 4.79 Å². The summed E-state index contributed by atoms with van der Waals surface area (Å²) >= 11 is 0. The van der Waals surface area contributed by atoms with E-state index in [2.05, 4.69) is 5.32 Å². The number of ketones is 2. The molecule has 4 atom stereocenters. The molecule has 13 heteroatoms. The van der Waals surface area contributed by atoms with Crippen molar-refractivity contribution < 1.29 is 33.4 Å². The largest absolute Gasteiger partial charge is 0.449 e. The molecule has 3 amide bonds. The summed E-state index contributed by atoms with van der Waals surface area (Å²) < 4.78 is 11.1. The number of primary amides is 1. The zero-order valence-corrected chi connectivity index (χ0v) is 20.2. The molecule has 0 aromatic rings. The maximum absolute atomic E-state index is 13.2. The standard InChI is InChI=1S/C23H30N6O7/c1-11-17(24)20(33)16-12(10-36-22(25)34)23(35-2)21-13(9-28(23)18(16)19(11)32)29(21)15(31)4-3-14(30)27-7-5-26-6-8-27/h12-13,21,26H,3-10,24H2,1-2H3,(H2,25,34)/t12-,13+,21+,23-,29?/m1/s1. The van der Waals surface area contributed by atoms with Crippen LogP contribution in [0.1, 0.15) is 19.8 Å². The smallest absolute Gasteiger partial charge is 0.404 e. The highest BCUT2D eigenvalue weighted by molar-refractivity contribution is 6.25. The van der Waals surface area contributed by atoms with Gasteiger partial charge < -0.3 is 41.0 Å². The maximum Gasteiger partial charge on any atom is 0.404 e. The van der Waals surface area contributed by atoms with Gasteiger partial charge in [0.25, 0.3) is 0 Å². The minimum atomic E-state index is -1.31. The van der Waals surface area contributed by atoms with Crippen molar-refractivity contribution in [1.82, 2.24) is 20.0 Å². The van der Waals surface area contributed by atoms with Crippen LogP contribution in [-0.2, 0) is 28.7 Å². The van der Waals surface area contributed by atoms with Gasteiger partial charge in [-0.15, -0.1) is 0 Å². The van der Waals surface area contributed by atoms with Gasteiger partial charge in [-0.05, 0) is 6.92 Å². The van der Waals surface area contributed by atoms with Crippen molar-refractivity contribution in [2.45, 2.75) is 37.6 Å². The van der Waals surface area contributed by atoms with Gasteiger partial charge in [-0.1, -0.05) is 0 Å². The van der Waals surface area contributed by atoms with E-state index in [9.17, 15) is 24.0 Å². The highest BCUT2D eigenvalue weighted by Crippen LogP contribution is 2.59. The second kappa shape index (κ2) is 8.59. The van der Waals surface area contributed by atoms with Crippen LogP contribution in [0.25, 0.3) is 0 Å². The Morgan fingerprint density at radius 1 is 1.11 bits per heavy atom. The van der Waals surface area contributed by atoms with Gasteiger partial charge in [0.2, 0.25) is 23.4 Å². The van der Waals surface area contributed by atoms with E-state index in [4.69, 9.17) is 20.9 Å². The average Bonchev–Trinajstić information content (AvgIpc) is 3.38. The van der Waals surface area contributed by atoms with Gasteiger partial charge in [0.15, 0.2) is 5.72 Å². The van der Waals surface area contributed by atoms with Crippen LogP contribution < -0.4 is 16.8 Å². The number of fused-ring (bicyclic) bond motifs is 4. The summed E-state index contributed by atoms with van der Waals surface area (Å²) in [7, 11) is 1.43. The van der Waals surface area contributed by atoms with Crippen LogP contribution in [0.2, 0.25) is 0 Å². The molecule has 1 aliphatic carbocycles. The quantitative estimate of drug-likeness (QED) is 0.267. The number of ether oxygens (including phenoxy) is 2. The van der Waals surface area contributed by atoms with E-state index in [1.165, 1.54) is 14.0 Å². The van der Waals surface area contributed by atoms with Gasteiger partial charge in [0, 0.05) is 63.8 Å². The predicted octanol–water partition coefficient (Wildman–Crippen LogP) is -2.20. The van der Waals surface area contributed by atoms with Gasteiger partial charge in [-0.3, -0.25) is 19.2 Å². The lowest BCUT2D eigenvalue weighted by Crippen LogP contribution is -2.56. The monoisotopic (exact) mass is 502 g/mol. The lowest BCUT2D eigenvalue weighted by atomic mass is 9.82. The Morgan fingerprint density at radius 2 is 1.78 bits per heavy atom. The molecular formula is C23H30N6O7. The number of amides is 3. The molecule has 5 N–H and O–H groups in total. The van der Waals surface area contributed by atoms with Crippen LogP contribution >= 0.6 is 0 Å². The number of carbonyl (C=O) groups excluding carboxylic acids is 5. The number of allylic oxidation sites excluding steroid dienone is 2. The summed E-state index contributed by atoms with van der Waals surface area (Å²) in [5.41, 5.74) is 10.1. The number of Topliss-reactive ketones (excluding diaryl/α,β-unsaturated/α-hetero) is 2. The third-order valence-corrected chi connectivity index (χ3v) is 8.00. The number of nitrogens with two attached hydrogens (primary N) is 2. The first kappa shape index (κ1) is 24.3. The summed E-state index contributed by atoms with van der Waals surface area (Å²) in [6.45, 7) is 4.10. The molecular weight excluding hydrogens is 472 g/mol. The molecule has 4 heterocycles. The van der Waals surface area contributed by atoms with E-state index in [1.807, 2.05) is 0 Å². The molecule has 3 fully saturated rings. The van der Waals surface area contributed by atoms with Crippen LogP contribution in [-0.4, -0.2) is 108 Å². The minimum absolute atomic E-state index is 0.0383. The van der Waals surface area contributed by atoms with Gasteiger partial charge in [0.1, 0.15) is 12.6 Å². The van der Waals surface area contributed by atoms with Crippen molar-refractivity contribution >= 4 is 29.5 Å². The average molecular weight is 503 g/mol. The van der Waals surface area contributed by atoms with E-state index < -0.39 is 35.3 Å². The third-order valence-electron chi connectivity index (χ3n) is 8.00. The van der Waals surface area contributed by atoms with Gasteiger partial charge >= 0.3 is 6.09 Å². The predicted molar refractivity (Wildman–Crippen MR) is 123 cm³/mol. The molecule has 0 spiro atoms. The molecule has 0 radical (unpaired) electrons. The molecule has 13 nitrogen and oxygen atoms in total. The zero-order valence-electron chi connectivity index (χ0n) is 20.2. The van der Waals surface area contributed by atoms with Crippen LogP contribution in [0.3, 0.4) is 0 Å². The van der Waals surface area contributed by atoms with E-state index >= 15 is 0 Å². The first-order valence-electron chi connectivity index (χ1n) is 12.0. The maximum atomic E-state index is 13.2. The van der Waals surface area contributed by atoms with Crippen molar-refractivity contribution in [1.29, 1.82) is 0 Å². The molecule has 36 heavy (non-hydrogen) atoms. The normalized spacial score (nSPS) is 30.9. The summed E-state index contributed by atoms with van der Waals surface area (Å²) in [5.74, 6) is -2.09. The second-order valence-electron chi connectivity index (χ2n) is 9.65. The highest BCUT2D eigenvalue weighted by atomic mass is 16.6. The van der Waals surface area contributed by atoms with Crippen molar-refractivity contribution in [2.24, 2.45) is 17.4 Å². The zero-order chi connectivity index (χ0) is 25.9. The van der Waals surface area contributed by atoms with Crippen molar-refractivity contribution in [2.75, 3.05) is 46.4 Å². The fraction of sp³-hybridized carbons (Fsp3) is 0.609. The fourth-order valence-electron chi connectivity index (χ4n) is 6.23. The Kier molecular flexibility index (Phi) is 5.79. The first-order valence-corrected chi connectivity index (χ1v) is 12.0. The molecule has 0 unspecified atom stereocenters. The molecule has 5 rings (SSSR count). The van der Waals surface area contributed by atoms with E-state index in [-0.39, 0.29) is 66.4 Å². The summed E-state index contributed by atoms with van der Waals surface area (Å²) in [5, 5.41) is 3.19. The number of nitrogens with one attached hydrogen (secondary N) is 1. The fourth-order valence-corrected chi connectivity index (χ4v) is 6.23.